The van der Waals surface area contributed by atoms with Crippen LogP contribution in [0.1, 0.15) is 28.5 Å². The van der Waals surface area contributed by atoms with Gasteiger partial charge in [-0.25, -0.2) is 0 Å². The molecule has 2 heterocycles. The first kappa shape index (κ1) is 8.04. The molecule has 1 atom stereocenters. The number of aromatic nitrogens is 1. The number of carbonyl (C=O) groups excluding carboxylic acids is 2. The molecule has 0 amide bonds. The van der Waals surface area contributed by atoms with Crippen molar-refractivity contribution in [2.45, 2.75) is 12.3 Å². The number of carbonyl (C=O) groups is 2. The number of hydrogen-bond donors (Lipinski definition) is 1. The standard InChI is InChI=1S/C9H9NO3/c11-5-6-1-2-8(10-6)7-3-4-13-9(7)12/h1-2,5,7,10H,3-4H2. The summed E-state index contributed by atoms with van der Waals surface area (Å²) in [7, 11) is 0. The molecule has 1 N–H and O–H groups in total. The van der Waals surface area contributed by atoms with E-state index in [1.165, 1.54) is 0 Å². The normalized spacial score (nSPS) is 21.5. The SMILES string of the molecule is O=Cc1ccc(C2CCOC2=O)[nH]1. The molecule has 68 valence electrons. The fourth-order valence-electron chi connectivity index (χ4n) is 1.48. The summed E-state index contributed by atoms with van der Waals surface area (Å²) >= 11 is 0. The maximum absolute atomic E-state index is 11.1. The topological polar surface area (TPSA) is 59.2 Å². The van der Waals surface area contributed by atoms with Crippen LogP contribution in [0.15, 0.2) is 12.1 Å². The molecule has 0 bridgehead atoms. The van der Waals surface area contributed by atoms with Gasteiger partial charge in [-0.05, 0) is 12.1 Å². The van der Waals surface area contributed by atoms with Gasteiger partial charge in [-0.2, -0.15) is 0 Å². The van der Waals surface area contributed by atoms with Crippen molar-refractivity contribution in [3.05, 3.63) is 23.5 Å². The van der Waals surface area contributed by atoms with E-state index in [9.17, 15) is 9.59 Å². The zero-order valence-electron chi connectivity index (χ0n) is 6.95. The minimum absolute atomic E-state index is 0.209. The van der Waals surface area contributed by atoms with E-state index in [2.05, 4.69) is 4.98 Å². The van der Waals surface area contributed by atoms with Crippen molar-refractivity contribution in [1.82, 2.24) is 4.98 Å². The summed E-state index contributed by atoms with van der Waals surface area (Å²) in [6.45, 7) is 0.471. The predicted octanol–water partition coefficient (Wildman–Crippen LogP) is 0.858. The zero-order chi connectivity index (χ0) is 9.26. The molecule has 4 nitrogen and oxygen atoms in total. The van der Waals surface area contributed by atoms with Crippen molar-refractivity contribution >= 4 is 12.3 Å². The van der Waals surface area contributed by atoms with Crippen LogP contribution in [0.5, 0.6) is 0 Å². The van der Waals surface area contributed by atoms with Gasteiger partial charge in [0.2, 0.25) is 0 Å². The van der Waals surface area contributed by atoms with Crippen molar-refractivity contribution in [3.8, 4) is 0 Å². The van der Waals surface area contributed by atoms with Gasteiger partial charge in [0.25, 0.3) is 0 Å². The summed E-state index contributed by atoms with van der Waals surface area (Å²) in [5.41, 5.74) is 1.26. The lowest BCUT2D eigenvalue weighted by Crippen LogP contribution is -2.05. The number of cyclic esters (lactones) is 1. The van der Waals surface area contributed by atoms with Gasteiger partial charge in [-0.15, -0.1) is 0 Å². The average molecular weight is 179 g/mol. The van der Waals surface area contributed by atoms with E-state index in [1.54, 1.807) is 12.1 Å². The molecule has 0 aliphatic carbocycles. The minimum Gasteiger partial charge on any atom is -0.465 e. The van der Waals surface area contributed by atoms with Crippen LogP contribution in [-0.2, 0) is 9.53 Å². The van der Waals surface area contributed by atoms with Crippen molar-refractivity contribution in [3.63, 3.8) is 0 Å². The quantitative estimate of drug-likeness (QED) is 0.541. The molecule has 1 aromatic heterocycles. The van der Waals surface area contributed by atoms with Gasteiger partial charge < -0.3 is 9.72 Å². The van der Waals surface area contributed by atoms with Crippen LogP contribution in [0.3, 0.4) is 0 Å². The number of H-pyrrole nitrogens is 1. The fraction of sp³-hybridized carbons (Fsp3) is 0.333. The highest BCUT2D eigenvalue weighted by molar-refractivity contribution is 5.80. The Morgan fingerprint density at radius 1 is 1.54 bits per heavy atom. The fourth-order valence-corrected chi connectivity index (χ4v) is 1.48. The Balaban J connectivity index is 2.24. The molecular weight excluding hydrogens is 170 g/mol. The van der Waals surface area contributed by atoms with Gasteiger partial charge in [-0.3, -0.25) is 9.59 Å². The van der Waals surface area contributed by atoms with E-state index in [1.807, 2.05) is 0 Å². The summed E-state index contributed by atoms with van der Waals surface area (Å²) in [5, 5.41) is 0. The van der Waals surface area contributed by atoms with Gasteiger partial charge >= 0.3 is 5.97 Å². The lowest BCUT2D eigenvalue weighted by molar-refractivity contribution is -0.139. The van der Waals surface area contributed by atoms with Crippen molar-refractivity contribution in [2.75, 3.05) is 6.61 Å². The van der Waals surface area contributed by atoms with E-state index in [4.69, 9.17) is 4.74 Å². The Bertz CT molecular complexity index is 342. The highest BCUT2D eigenvalue weighted by Gasteiger charge is 2.28. The number of aldehydes is 1. The molecule has 1 fully saturated rings. The van der Waals surface area contributed by atoms with E-state index in [-0.39, 0.29) is 11.9 Å². The van der Waals surface area contributed by atoms with Gasteiger partial charge in [0.05, 0.1) is 12.3 Å². The van der Waals surface area contributed by atoms with Gasteiger partial charge in [0.15, 0.2) is 6.29 Å². The second-order valence-electron chi connectivity index (χ2n) is 3.00. The monoisotopic (exact) mass is 179 g/mol. The summed E-state index contributed by atoms with van der Waals surface area (Å²) in [5.74, 6) is -0.423. The highest BCUT2D eigenvalue weighted by Crippen LogP contribution is 2.25. The summed E-state index contributed by atoms with van der Waals surface area (Å²) in [6.07, 6.45) is 1.42. The van der Waals surface area contributed by atoms with E-state index >= 15 is 0 Å². The number of aromatic amines is 1. The molecule has 13 heavy (non-hydrogen) atoms. The van der Waals surface area contributed by atoms with Gasteiger partial charge in [0.1, 0.15) is 5.92 Å². The van der Waals surface area contributed by atoms with Crippen LogP contribution in [0.2, 0.25) is 0 Å². The molecule has 4 heteroatoms. The van der Waals surface area contributed by atoms with E-state index in [0.29, 0.717) is 18.7 Å². The lowest BCUT2D eigenvalue weighted by atomic mass is 10.1. The van der Waals surface area contributed by atoms with Crippen LogP contribution >= 0.6 is 0 Å². The number of rotatable bonds is 2. The molecule has 0 aromatic carbocycles. The first-order valence-corrected chi connectivity index (χ1v) is 4.12. The largest absolute Gasteiger partial charge is 0.465 e. The highest BCUT2D eigenvalue weighted by atomic mass is 16.5. The maximum Gasteiger partial charge on any atom is 0.315 e. The first-order valence-electron chi connectivity index (χ1n) is 4.12. The van der Waals surface area contributed by atoms with Crippen LogP contribution < -0.4 is 0 Å². The van der Waals surface area contributed by atoms with Crippen molar-refractivity contribution < 1.29 is 14.3 Å². The third-order valence-electron chi connectivity index (χ3n) is 2.17. The molecule has 1 unspecified atom stereocenters. The third-order valence-corrected chi connectivity index (χ3v) is 2.17. The van der Waals surface area contributed by atoms with Crippen molar-refractivity contribution in [1.29, 1.82) is 0 Å². The molecule has 1 saturated heterocycles. The molecule has 0 saturated carbocycles. The molecule has 2 rings (SSSR count). The Kier molecular flexibility index (Phi) is 1.88. The summed E-state index contributed by atoms with van der Waals surface area (Å²) in [4.78, 5) is 24.4. The molecular formula is C9H9NO3. The number of ether oxygens (including phenoxy) is 1. The van der Waals surface area contributed by atoms with Crippen LogP contribution in [0.25, 0.3) is 0 Å². The Morgan fingerprint density at radius 3 is 2.92 bits per heavy atom. The average Bonchev–Trinajstić information content (AvgIpc) is 2.71. The molecule has 1 aliphatic rings. The van der Waals surface area contributed by atoms with Gasteiger partial charge in [-0.1, -0.05) is 0 Å². The summed E-state index contributed by atoms with van der Waals surface area (Å²) in [6, 6.07) is 3.41. The van der Waals surface area contributed by atoms with Crippen LogP contribution in [0, 0.1) is 0 Å². The van der Waals surface area contributed by atoms with E-state index < -0.39 is 0 Å². The molecule has 0 radical (unpaired) electrons. The Labute approximate surface area is 74.9 Å². The van der Waals surface area contributed by atoms with Crippen LogP contribution in [-0.4, -0.2) is 23.8 Å². The predicted molar refractivity (Wildman–Crippen MR) is 44.5 cm³/mol. The third kappa shape index (κ3) is 1.35. The maximum atomic E-state index is 11.1. The molecule has 1 aliphatic heterocycles. The van der Waals surface area contributed by atoms with Crippen LogP contribution in [0.4, 0.5) is 0 Å². The van der Waals surface area contributed by atoms with E-state index in [0.717, 1.165) is 12.0 Å². The zero-order valence-corrected chi connectivity index (χ0v) is 6.95. The lowest BCUT2D eigenvalue weighted by Gasteiger charge is -2.00. The van der Waals surface area contributed by atoms with Gasteiger partial charge in [0, 0.05) is 12.1 Å². The van der Waals surface area contributed by atoms with Crippen molar-refractivity contribution in [2.24, 2.45) is 0 Å². The Hall–Kier alpha value is -1.58. The smallest absolute Gasteiger partial charge is 0.315 e. The first-order chi connectivity index (χ1) is 6.31. The number of nitrogens with one attached hydrogen (secondary N) is 1. The second kappa shape index (κ2) is 3.05. The number of esters is 1. The molecule has 0 spiro atoms. The summed E-state index contributed by atoms with van der Waals surface area (Å²) < 4.78 is 4.82. The second-order valence-corrected chi connectivity index (χ2v) is 3.00. The number of hydrogen-bond acceptors (Lipinski definition) is 3. The minimum atomic E-state index is -0.214. The Morgan fingerprint density at radius 2 is 2.38 bits per heavy atom. The molecule has 1 aromatic rings.